The topological polar surface area (TPSA) is 28.7 Å². The van der Waals surface area contributed by atoms with Gasteiger partial charge >= 0.3 is 0 Å². The summed E-state index contributed by atoms with van der Waals surface area (Å²) < 4.78 is 0. The number of aromatic nitrogens is 2. The van der Waals surface area contributed by atoms with Gasteiger partial charge in [-0.1, -0.05) is 48.0 Å². The molecule has 0 aliphatic heterocycles. The molecule has 0 saturated heterocycles. The maximum Gasteiger partial charge on any atom is 0.104 e. The third-order valence-electron chi connectivity index (χ3n) is 3.76. The van der Waals surface area contributed by atoms with Crippen LogP contribution in [0, 0.1) is 6.92 Å². The number of rotatable bonds is 1. The van der Waals surface area contributed by atoms with Gasteiger partial charge in [-0.15, -0.1) is 0 Å². The smallest absolute Gasteiger partial charge is 0.104 e. The molecule has 0 spiro atoms. The van der Waals surface area contributed by atoms with Crippen molar-refractivity contribution >= 4 is 33.4 Å². The molecule has 0 radical (unpaired) electrons. The molecule has 0 amide bonds. The molecule has 1 N–H and O–H groups in total. The fourth-order valence-electron chi connectivity index (χ4n) is 2.79. The van der Waals surface area contributed by atoms with Crippen molar-refractivity contribution in [3.05, 3.63) is 65.4 Å². The lowest BCUT2D eigenvalue weighted by atomic mass is 10.00. The fourth-order valence-corrected chi connectivity index (χ4v) is 3.06. The van der Waals surface area contributed by atoms with Crippen molar-refractivity contribution in [3.8, 4) is 11.1 Å². The van der Waals surface area contributed by atoms with Crippen molar-refractivity contribution in [2.24, 2.45) is 0 Å². The van der Waals surface area contributed by atoms with Crippen LogP contribution in [0.4, 0.5) is 0 Å². The van der Waals surface area contributed by atoms with Crippen LogP contribution in [-0.4, -0.2) is 9.97 Å². The molecule has 3 aromatic carbocycles. The van der Waals surface area contributed by atoms with Gasteiger partial charge in [0.2, 0.25) is 0 Å². The summed E-state index contributed by atoms with van der Waals surface area (Å²) in [5.74, 6) is 0.898. The third kappa shape index (κ3) is 1.99. The molecule has 3 heteroatoms. The Balaban J connectivity index is 2.05. The van der Waals surface area contributed by atoms with Crippen LogP contribution in [-0.2, 0) is 0 Å². The van der Waals surface area contributed by atoms with Crippen LogP contribution in [0.5, 0.6) is 0 Å². The van der Waals surface area contributed by atoms with E-state index in [0.717, 1.165) is 33.0 Å². The molecule has 102 valence electrons. The summed E-state index contributed by atoms with van der Waals surface area (Å²) in [5.41, 5.74) is 4.02. The Morgan fingerprint density at radius 3 is 2.62 bits per heavy atom. The number of hydrogen-bond donors (Lipinski definition) is 1. The van der Waals surface area contributed by atoms with E-state index in [2.05, 4.69) is 40.3 Å². The highest BCUT2D eigenvalue weighted by Gasteiger charge is 2.12. The number of benzene rings is 3. The van der Waals surface area contributed by atoms with Crippen LogP contribution in [0.1, 0.15) is 5.82 Å². The lowest BCUT2D eigenvalue weighted by Gasteiger charge is -2.07. The Hall–Kier alpha value is -2.32. The van der Waals surface area contributed by atoms with Crippen molar-refractivity contribution < 1.29 is 0 Å². The highest BCUT2D eigenvalue weighted by atomic mass is 35.5. The van der Waals surface area contributed by atoms with Gasteiger partial charge in [-0.2, -0.15) is 0 Å². The molecule has 21 heavy (non-hydrogen) atoms. The SMILES string of the molecule is Cc1nc2c(-c3ccc4ccccc4c3)c(Cl)ccc2[nH]1. The average Bonchev–Trinajstić information content (AvgIpc) is 2.87. The van der Waals surface area contributed by atoms with Gasteiger partial charge in [0.05, 0.1) is 16.1 Å². The quantitative estimate of drug-likeness (QED) is 0.503. The van der Waals surface area contributed by atoms with E-state index in [1.807, 2.05) is 31.2 Å². The molecule has 0 unspecified atom stereocenters. The van der Waals surface area contributed by atoms with Gasteiger partial charge in [-0.25, -0.2) is 4.98 Å². The second-order valence-corrected chi connectivity index (χ2v) is 5.61. The number of H-pyrrole nitrogens is 1. The number of hydrogen-bond acceptors (Lipinski definition) is 1. The van der Waals surface area contributed by atoms with Gasteiger partial charge in [0.25, 0.3) is 0 Å². The number of nitrogens with one attached hydrogen (secondary N) is 1. The summed E-state index contributed by atoms with van der Waals surface area (Å²) >= 11 is 6.44. The minimum Gasteiger partial charge on any atom is -0.342 e. The number of halogens is 1. The first-order valence-electron chi connectivity index (χ1n) is 6.86. The van der Waals surface area contributed by atoms with E-state index >= 15 is 0 Å². The molecule has 4 rings (SSSR count). The minimum atomic E-state index is 0.726. The second kappa shape index (κ2) is 4.61. The fraction of sp³-hybridized carbons (Fsp3) is 0.0556. The van der Waals surface area contributed by atoms with E-state index in [4.69, 9.17) is 11.6 Å². The van der Waals surface area contributed by atoms with Crippen LogP contribution >= 0.6 is 11.6 Å². The number of imidazole rings is 1. The van der Waals surface area contributed by atoms with Crippen LogP contribution in [0.25, 0.3) is 32.9 Å². The Kier molecular flexibility index (Phi) is 2.72. The van der Waals surface area contributed by atoms with Crippen LogP contribution in [0.3, 0.4) is 0 Å². The van der Waals surface area contributed by atoms with Gasteiger partial charge in [0, 0.05) is 5.56 Å². The Labute approximate surface area is 127 Å². The molecular formula is C18H13ClN2. The number of aryl methyl sites for hydroxylation is 1. The molecular weight excluding hydrogens is 280 g/mol. The average molecular weight is 293 g/mol. The van der Waals surface area contributed by atoms with Crippen molar-refractivity contribution in [2.75, 3.05) is 0 Å². The number of fused-ring (bicyclic) bond motifs is 2. The molecule has 0 bridgehead atoms. The zero-order valence-electron chi connectivity index (χ0n) is 11.5. The van der Waals surface area contributed by atoms with Gasteiger partial charge in [-0.3, -0.25) is 0 Å². The van der Waals surface area contributed by atoms with Crippen molar-refractivity contribution in [3.63, 3.8) is 0 Å². The lowest BCUT2D eigenvalue weighted by Crippen LogP contribution is -1.84. The Bertz CT molecular complexity index is 969. The second-order valence-electron chi connectivity index (χ2n) is 5.20. The van der Waals surface area contributed by atoms with Gasteiger partial charge in [-0.05, 0) is 41.5 Å². The lowest BCUT2D eigenvalue weighted by molar-refractivity contribution is 1.17. The van der Waals surface area contributed by atoms with Crippen LogP contribution < -0.4 is 0 Å². The summed E-state index contributed by atoms with van der Waals surface area (Å²) in [6.07, 6.45) is 0. The maximum absolute atomic E-state index is 6.44. The zero-order chi connectivity index (χ0) is 14.4. The standard InChI is InChI=1S/C18H13ClN2/c1-11-20-16-9-8-15(19)17(18(16)21-11)14-7-6-12-4-2-3-5-13(12)10-14/h2-10H,1H3,(H,20,21). The van der Waals surface area contributed by atoms with E-state index in [1.165, 1.54) is 10.8 Å². The summed E-state index contributed by atoms with van der Waals surface area (Å²) in [5, 5.41) is 3.15. The molecule has 0 aliphatic carbocycles. The molecule has 1 aromatic heterocycles. The van der Waals surface area contributed by atoms with Crippen molar-refractivity contribution in [2.45, 2.75) is 6.92 Å². The Morgan fingerprint density at radius 2 is 1.76 bits per heavy atom. The minimum absolute atomic E-state index is 0.726. The molecule has 0 aliphatic rings. The number of nitrogens with zero attached hydrogens (tertiary/aromatic N) is 1. The van der Waals surface area contributed by atoms with E-state index < -0.39 is 0 Å². The molecule has 0 saturated carbocycles. The summed E-state index contributed by atoms with van der Waals surface area (Å²) in [6, 6.07) is 18.6. The van der Waals surface area contributed by atoms with Gasteiger partial charge in [0.1, 0.15) is 5.82 Å². The summed E-state index contributed by atoms with van der Waals surface area (Å²) in [7, 11) is 0. The molecule has 0 fully saturated rings. The normalized spacial score (nSPS) is 11.3. The van der Waals surface area contributed by atoms with Crippen LogP contribution in [0.2, 0.25) is 5.02 Å². The van der Waals surface area contributed by atoms with Crippen molar-refractivity contribution in [1.82, 2.24) is 9.97 Å². The predicted octanol–water partition coefficient (Wildman–Crippen LogP) is 5.34. The Morgan fingerprint density at radius 1 is 0.952 bits per heavy atom. The predicted molar refractivity (Wildman–Crippen MR) is 88.8 cm³/mol. The van der Waals surface area contributed by atoms with E-state index in [0.29, 0.717) is 0 Å². The zero-order valence-corrected chi connectivity index (χ0v) is 12.3. The van der Waals surface area contributed by atoms with E-state index in [1.54, 1.807) is 0 Å². The number of aromatic amines is 1. The molecule has 2 nitrogen and oxygen atoms in total. The first-order valence-corrected chi connectivity index (χ1v) is 7.24. The van der Waals surface area contributed by atoms with Gasteiger partial charge < -0.3 is 4.98 Å². The van der Waals surface area contributed by atoms with Crippen molar-refractivity contribution in [1.29, 1.82) is 0 Å². The van der Waals surface area contributed by atoms with E-state index in [-0.39, 0.29) is 0 Å². The van der Waals surface area contributed by atoms with Gasteiger partial charge in [0.15, 0.2) is 0 Å². The highest BCUT2D eigenvalue weighted by Crippen LogP contribution is 2.35. The van der Waals surface area contributed by atoms with Crippen LogP contribution in [0.15, 0.2) is 54.6 Å². The summed E-state index contributed by atoms with van der Waals surface area (Å²) in [6.45, 7) is 1.96. The molecule has 0 atom stereocenters. The molecule has 4 aromatic rings. The van der Waals surface area contributed by atoms with E-state index in [9.17, 15) is 0 Å². The highest BCUT2D eigenvalue weighted by molar-refractivity contribution is 6.35. The largest absolute Gasteiger partial charge is 0.342 e. The first kappa shape index (κ1) is 12.4. The maximum atomic E-state index is 6.44. The molecule has 1 heterocycles. The monoisotopic (exact) mass is 292 g/mol. The third-order valence-corrected chi connectivity index (χ3v) is 4.08. The first-order chi connectivity index (χ1) is 10.2. The summed E-state index contributed by atoms with van der Waals surface area (Å²) in [4.78, 5) is 7.85.